The number of hydrogen-bond acceptors (Lipinski definition) is 6. The van der Waals surface area contributed by atoms with Crippen LogP contribution in [0, 0.1) is 11.8 Å². The summed E-state index contributed by atoms with van der Waals surface area (Å²) in [6.45, 7) is 0.493. The van der Waals surface area contributed by atoms with Gasteiger partial charge in [-0.15, -0.1) is 11.3 Å². The van der Waals surface area contributed by atoms with Crippen LogP contribution in [0.4, 0.5) is 13.2 Å². The Balaban J connectivity index is 1.29. The van der Waals surface area contributed by atoms with Crippen molar-refractivity contribution < 1.29 is 26.4 Å². The van der Waals surface area contributed by atoms with Crippen molar-refractivity contribution in [2.45, 2.75) is 70.1 Å². The van der Waals surface area contributed by atoms with Crippen LogP contribution in [0.5, 0.6) is 0 Å². The van der Waals surface area contributed by atoms with Crippen LogP contribution in [0.2, 0.25) is 0 Å². The number of carbonyl (C=O) groups is 1. The van der Waals surface area contributed by atoms with Gasteiger partial charge in [-0.3, -0.25) is 9.69 Å². The fraction of sp³-hybridized carbons (Fsp3) is 0.548. The Morgan fingerprint density at radius 3 is 2.36 bits per heavy atom. The average Bonchev–Trinajstić information content (AvgIpc) is 3.35. The molecule has 1 amide bonds. The Morgan fingerprint density at radius 2 is 1.67 bits per heavy atom. The Hall–Kier alpha value is -2.50. The summed E-state index contributed by atoms with van der Waals surface area (Å²) in [6.07, 6.45) is 3.40. The minimum Gasteiger partial charge on any atom is -0.347 e. The van der Waals surface area contributed by atoms with E-state index >= 15 is 0 Å². The molecule has 0 unspecified atom stereocenters. The van der Waals surface area contributed by atoms with Crippen molar-refractivity contribution in [1.82, 2.24) is 15.2 Å². The number of hydrogen-bond donors (Lipinski definition) is 1. The third kappa shape index (κ3) is 6.53. The third-order valence-electron chi connectivity index (χ3n) is 9.06. The predicted octanol–water partition coefficient (Wildman–Crippen LogP) is 6.39. The molecule has 0 bridgehead atoms. The first-order valence-corrected chi connectivity index (χ1v) is 17.5. The van der Waals surface area contributed by atoms with Crippen LogP contribution < -0.4 is 5.32 Å². The van der Waals surface area contributed by atoms with E-state index in [-0.39, 0.29) is 36.5 Å². The lowest BCUT2D eigenvalue weighted by Crippen LogP contribution is -2.52. The molecular formula is C31H36F3N3O3S2. The number of benzene rings is 2. The summed E-state index contributed by atoms with van der Waals surface area (Å²) >= 11 is 1.37. The molecule has 1 aromatic heterocycles. The molecule has 1 saturated carbocycles. The van der Waals surface area contributed by atoms with E-state index < -0.39 is 21.9 Å². The normalized spacial score (nSPS) is 20.9. The number of carbonyl (C=O) groups excluding carboxylic acids is 1. The van der Waals surface area contributed by atoms with Crippen molar-refractivity contribution in [2.75, 3.05) is 24.6 Å². The molecule has 3 heterocycles. The number of nitrogens with zero attached hydrogens (tertiary/aromatic N) is 2. The van der Waals surface area contributed by atoms with E-state index in [1.54, 1.807) is 0 Å². The molecule has 11 heteroatoms. The molecule has 1 aliphatic carbocycles. The predicted molar refractivity (Wildman–Crippen MR) is 159 cm³/mol. The number of fused-ring (bicyclic) bond motifs is 1. The standard InChI is InChI=1S/C31H36F3N3O3S2/c32-31(33,34)22-18-37(19-22)17-21-10-11-26(25-9-5-4-8-24(21)25)28-27(16-20-6-2-1-3-7-20)36-30(41-28)29(38)35-23-12-14-42(39,40)15-13-23/h4-5,8-11,20,22-23H,1-3,6-7,12-19H2,(H,35,38). The zero-order chi connectivity index (χ0) is 29.5. The molecule has 3 aromatic rings. The topological polar surface area (TPSA) is 79.4 Å². The number of aromatic nitrogens is 1. The van der Waals surface area contributed by atoms with Gasteiger partial charge in [0.1, 0.15) is 9.84 Å². The fourth-order valence-electron chi connectivity index (χ4n) is 6.59. The van der Waals surface area contributed by atoms with Gasteiger partial charge in [0.15, 0.2) is 5.01 Å². The maximum atomic E-state index is 13.3. The zero-order valence-electron chi connectivity index (χ0n) is 23.5. The molecule has 6 nitrogen and oxygen atoms in total. The molecule has 2 saturated heterocycles. The Morgan fingerprint density at radius 1 is 0.976 bits per heavy atom. The number of likely N-dealkylation sites (tertiary alicyclic amines) is 1. The van der Waals surface area contributed by atoms with Gasteiger partial charge in [-0.2, -0.15) is 13.2 Å². The minimum absolute atomic E-state index is 0.0192. The number of halogens is 3. The number of nitrogens with one attached hydrogen (secondary N) is 1. The van der Waals surface area contributed by atoms with Gasteiger partial charge in [-0.05, 0) is 41.5 Å². The molecule has 3 fully saturated rings. The fourth-order valence-corrected chi connectivity index (χ4v) is 9.12. The average molecular weight is 620 g/mol. The van der Waals surface area contributed by atoms with Gasteiger partial charge >= 0.3 is 6.18 Å². The molecule has 0 radical (unpaired) electrons. The number of amides is 1. The van der Waals surface area contributed by atoms with E-state index in [2.05, 4.69) is 5.32 Å². The molecule has 2 aromatic carbocycles. The minimum atomic E-state index is -4.15. The quantitative estimate of drug-likeness (QED) is 0.332. The highest BCUT2D eigenvalue weighted by molar-refractivity contribution is 7.91. The van der Waals surface area contributed by atoms with Gasteiger partial charge in [-0.1, -0.05) is 68.5 Å². The summed E-state index contributed by atoms with van der Waals surface area (Å²) < 4.78 is 62.8. The highest BCUT2D eigenvalue weighted by atomic mass is 32.2. The summed E-state index contributed by atoms with van der Waals surface area (Å²) in [5.74, 6) is -0.845. The van der Waals surface area contributed by atoms with Crippen LogP contribution in [-0.4, -0.2) is 61.0 Å². The first-order valence-electron chi connectivity index (χ1n) is 14.9. The van der Waals surface area contributed by atoms with E-state index in [1.807, 2.05) is 41.3 Å². The van der Waals surface area contributed by atoms with Gasteiger partial charge in [0.05, 0.1) is 28.0 Å². The highest BCUT2D eigenvalue weighted by Crippen LogP contribution is 2.40. The Bertz CT molecular complexity index is 1540. The second-order valence-electron chi connectivity index (χ2n) is 12.2. The van der Waals surface area contributed by atoms with Gasteiger partial charge in [0, 0.05) is 31.2 Å². The smallest absolute Gasteiger partial charge is 0.347 e. The van der Waals surface area contributed by atoms with Crippen molar-refractivity contribution >= 4 is 37.9 Å². The van der Waals surface area contributed by atoms with E-state index in [4.69, 9.17) is 4.98 Å². The lowest BCUT2D eigenvalue weighted by Gasteiger charge is -2.40. The molecule has 1 N–H and O–H groups in total. The van der Waals surface area contributed by atoms with Gasteiger partial charge in [-0.25, -0.2) is 13.4 Å². The summed E-state index contributed by atoms with van der Waals surface area (Å²) in [5, 5.41) is 5.41. The van der Waals surface area contributed by atoms with E-state index in [0.717, 1.165) is 51.7 Å². The van der Waals surface area contributed by atoms with E-state index in [1.165, 1.54) is 30.6 Å². The summed E-state index contributed by atoms with van der Waals surface area (Å²) in [6, 6.07) is 11.8. The summed E-state index contributed by atoms with van der Waals surface area (Å²) in [7, 11) is -3.03. The van der Waals surface area contributed by atoms with Crippen molar-refractivity contribution in [2.24, 2.45) is 11.8 Å². The Labute approximate surface area is 248 Å². The number of sulfone groups is 1. The van der Waals surface area contributed by atoms with Crippen molar-refractivity contribution in [3.63, 3.8) is 0 Å². The lowest BCUT2D eigenvalue weighted by molar-refractivity contribution is -0.210. The maximum absolute atomic E-state index is 13.3. The molecule has 0 atom stereocenters. The zero-order valence-corrected chi connectivity index (χ0v) is 25.1. The van der Waals surface area contributed by atoms with Crippen molar-refractivity contribution in [1.29, 1.82) is 0 Å². The first-order chi connectivity index (χ1) is 20.1. The first kappa shape index (κ1) is 29.6. The largest absolute Gasteiger partial charge is 0.394 e. The third-order valence-corrected chi connectivity index (χ3v) is 11.9. The van der Waals surface area contributed by atoms with Gasteiger partial charge in [0.2, 0.25) is 0 Å². The van der Waals surface area contributed by atoms with Crippen LogP contribution in [0.25, 0.3) is 21.2 Å². The Kier molecular flexibility index (Phi) is 8.36. The monoisotopic (exact) mass is 619 g/mol. The van der Waals surface area contributed by atoms with Crippen LogP contribution in [0.15, 0.2) is 36.4 Å². The second kappa shape index (κ2) is 11.9. The lowest BCUT2D eigenvalue weighted by atomic mass is 9.85. The van der Waals surface area contributed by atoms with E-state index in [0.29, 0.717) is 30.3 Å². The number of alkyl halides is 3. The van der Waals surface area contributed by atoms with Crippen molar-refractivity contribution in [3.8, 4) is 10.4 Å². The molecular weight excluding hydrogens is 583 g/mol. The number of thiazole rings is 1. The van der Waals surface area contributed by atoms with Crippen LogP contribution in [0.3, 0.4) is 0 Å². The molecule has 42 heavy (non-hydrogen) atoms. The maximum Gasteiger partial charge on any atom is 0.394 e. The summed E-state index contributed by atoms with van der Waals surface area (Å²) in [5.41, 5.74) is 2.88. The highest BCUT2D eigenvalue weighted by Gasteiger charge is 2.46. The van der Waals surface area contributed by atoms with Gasteiger partial charge < -0.3 is 5.32 Å². The van der Waals surface area contributed by atoms with E-state index in [9.17, 15) is 26.4 Å². The molecule has 226 valence electrons. The van der Waals surface area contributed by atoms with Crippen LogP contribution in [-0.2, 0) is 22.8 Å². The van der Waals surface area contributed by atoms with Crippen LogP contribution in [0.1, 0.15) is 66.0 Å². The molecule has 6 rings (SSSR count). The molecule has 2 aliphatic heterocycles. The second-order valence-corrected chi connectivity index (χ2v) is 15.5. The molecule has 0 spiro atoms. The summed E-state index contributed by atoms with van der Waals surface area (Å²) in [4.78, 5) is 21.0. The van der Waals surface area contributed by atoms with Crippen molar-refractivity contribution in [3.05, 3.63) is 52.7 Å². The SMILES string of the molecule is O=C(NC1CCS(=O)(=O)CC1)c1nc(CC2CCCCC2)c(-c2ccc(CN3CC(C(F)(F)F)C3)c3ccccc23)s1. The van der Waals surface area contributed by atoms with Crippen LogP contribution >= 0.6 is 11.3 Å². The van der Waals surface area contributed by atoms with Gasteiger partial charge in [0.25, 0.3) is 5.91 Å². The molecule has 3 aliphatic rings. The number of rotatable bonds is 7.